The molecule has 0 saturated heterocycles. The standard InChI is InChI=1S/C11H12F3NO5/c12-11(13,14)7-2-1-6(5-8(7)15(19)20)10(18)9(17)3-4-16/h1-2,5,9-10,16-18H,3-4H2. The Morgan fingerprint density at radius 2 is 1.90 bits per heavy atom. The number of aliphatic hydroxyl groups is 3. The predicted octanol–water partition coefficient (Wildman–Crippen LogP) is 1.39. The third-order valence-corrected chi connectivity index (χ3v) is 2.65. The molecule has 6 nitrogen and oxygen atoms in total. The van der Waals surface area contributed by atoms with E-state index in [1.54, 1.807) is 0 Å². The summed E-state index contributed by atoms with van der Waals surface area (Å²) >= 11 is 0. The van der Waals surface area contributed by atoms with Crippen molar-refractivity contribution in [2.24, 2.45) is 0 Å². The molecule has 0 fully saturated rings. The number of nitrogens with zero attached hydrogens (tertiary/aromatic N) is 1. The van der Waals surface area contributed by atoms with Gasteiger partial charge in [0.25, 0.3) is 5.69 Å². The van der Waals surface area contributed by atoms with E-state index in [1.165, 1.54) is 0 Å². The first kappa shape index (κ1) is 16.3. The lowest BCUT2D eigenvalue weighted by atomic mass is 9.99. The summed E-state index contributed by atoms with van der Waals surface area (Å²) in [6.45, 7) is -0.443. The second-order valence-electron chi connectivity index (χ2n) is 4.06. The summed E-state index contributed by atoms with van der Waals surface area (Å²) < 4.78 is 37.7. The summed E-state index contributed by atoms with van der Waals surface area (Å²) in [5, 5.41) is 38.3. The first-order valence-corrected chi connectivity index (χ1v) is 5.51. The number of benzene rings is 1. The number of hydrogen-bond acceptors (Lipinski definition) is 5. The van der Waals surface area contributed by atoms with E-state index in [4.69, 9.17) is 5.11 Å². The van der Waals surface area contributed by atoms with Crippen molar-refractivity contribution in [1.29, 1.82) is 0 Å². The van der Waals surface area contributed by atoms with Crippen LogP contribution >= 0.6 is 0 Å². The molecular formula is C11H12F3NO5. The van der Waals surface area contributed by atoms with Gasteiger partial charge in [-0.1, -0.05) is 6.07 Å². The fourth-order valence-electron chi connectivity index (χ4n) is 1.64. The van der Waals surface area contributed by atoms with Gasteiger partial charge in [0.15, 0.2) is 0 Å². The summed E-state index contributed by atoms with van der Waals surface area (Å²) in [5.74, 6) is 0. The highest BCUT2D eigenvalue weighted by Crippen LogP contribution is 2.37. The van der Waals surface area contributed by atoms with Gasteiger partial charge in [-0.15, -0.1) is 0 Å². The van der Waals surface area contributed by atoms with Gasteiger partial charge in [-0.25, -0.2) is 0 Å². The highest BCUT2D eigenvalue weighted by molar-refractivity contribution is 5.45. The van der Waals surface area contributed by atoms with E-state index in [-0.39, 0.29) is 12.0 Å². The Labute approximate surface area is 111 Å². The van der Waals surface area contributed by atoms with Crippen LogP contribution in [0.25, 0.3) is 0 Å². The molecular weight excluding hydrogens is 283 g/mol. The molecule has 1 aromatic carbocycles. The fourth-order valence-corrected chi connectivity index (χ4v) is 1.64. The molecule has 0 radical (unpaired) electrons. The Kier molecular flexibility index (Phi) is 5.03. The Balaban J connectivity index is 3.20. The smallest absolute Gasteiger partial charge is 0.396 e. The van der Waals surface area contributed by atoms with E-state index in [2.05, 4.69) is 0 Å². The van der Waals surface area contributed by atoms with Crippen LogP contribution in [-0.2, 0) is 6.18 Å². The van der Waals surface area contributed by atoms with Gasteiger partial charge in [0.2, 0.25) is 0 Å². The quantitative estimate of drug-likeness (QED) is 0.562. The number of nitro groups is 1. The molecule has 0 aliphatic heterocycles. The summed E-state index contributed by atoms with van der Waals surface area (Å²) in [7, 11) is 0. The van der Waals surface area contributed by atoms with Crippen molar-refractivity contribution >= 4 is 5.69 Å². The first-order valence-electron chi connectivity index (χ1n) is 5.51. The largest absolute Gasteiger partial charge is 0.422 e. The molecule has 0 saturated carbocycles. The molecule has 9 heteroatoms. The number of rotatable bonds is 5. The second-order valence-corrected chi connectivity index (χ2v) is 4.06. The van der Waals surface area contributed by atoms with Crippen molar-refractivity contribution in [3.05, 3.63) is 39.4 Å². The Hall–Kier alpha value is -1.71. The number of aliphatic hydroxyl groups excluding tert-OH is 3. The first-order chi connectivity index (χ1) is 9.18. The average Bonchev–Trinajstić information content (AvgIpc) is 2.36. The summed E-state index contributed by atoms with van der Waals surface area (Å²) in [6, 6.07) is 1.89. The number of halogens is 3. The number of nitro benzene ring substituents is 1. The van der Waals surface area contributed by atoms with E-state index < -0.39 is 41.2 Å². The van der Waals surface area contributed by atoms with E-state index >= 15 is 0 Å². The van der Waals surface area contributed by atoms with Crippen molar-refractivity contribution < 1.29 is 33.4 Å². The Morgan fingerprint density at radius 3 is 2.35 bits per heavy atom. The van der Waals surface area contributed by atoms with Crippen LogP contribution in [0.5, 0.6) is 0 Å². The zero-order valence-corrected chi connectivity index (χ0v) is 10.0. The molecule has 112 valence electrons. The molecule has 1 aromatic rings. The molecule has 0 aliphatic rings. The third-order valence-electron chi connectivity index (χ3n) is 2.65. The van der Waals surface area contributed by atoms with Gasteiger partial charge < -0.3 is 15.3 Å². The topological polar surface area (TPSA) is 104 Å². The monoisotopic (exact) mass is 295 g/mol. The molecule has 1 rings (SSSR count). The summed E-state index contributed by atoms with van der Waals surface area (Å²) in [5.41, 5.74) is -2.87. The van der Waals surface area contributed by atoms with Crippen LogP contribution < -0.4 is 0 Å². The Morgan fingerprint density at radius 1 is 1.30 bits per heavy atom. The van der Waals surface area contributed by atoms with Gasteiger partial charge >= 0.3 is 6.18 Å². The van der Waals surface area contributed by atoms with Gasteiger partial charge in [0, 0.05) is 12.7 Å². The molecule has 2 unspecified atom stereocenters. The molecule has 3 N–H and O–H groups in total. The van der Waals surface area contributed by atoms with Crippen molar-refractivity contribution in [2.75, 3.05) is 6.61 Å². The number of alkyl halides is 3. The van der Waals surface area contributed by atoms with Crippen LogP contribution in [0, 0.1) is 10.1 Å². The lowest BCUT2D eigenvalue weighted by Gasteiger charge is -2.18. The minimum Gasteiger partial charge on any atom is -0.396 e. The lowest BCUT2D eigenvalue weighted by molar-refractivity contribution is -0.388. The van der Waals surface area contributed by atoms with Crippen LogP contribution in [0.4, 0.5) is 18.9 Å². The van der Waals surface area contributed by atoms with Gasteiger partial charge in [0.1, 0.15) is 11.7 Å². The zero-order valence-electron chi connectivity index (χ0n) is 10.0. The third kappa shape index (κ3) is 3.65. The normalized spacial score (nSPS) is 14.9. The lowest BCUT2D eigenvalue weighted by Crippen LogP contribution is -2.20. The highest BCUT2D eigenvalue weighted by Gasteiger charge is 2.38. The fraction of sp³-hybridized carbons (Fsp3) is 0.455. The second kappa shape index (κ2) is 6.16. The predicted molar refractivity (Wildman–Crippen MR) is 60.8 cm³/mol. The van der Waals surface area contributed by atoms with Crippen LogP contribution in [0.2, 0.25) is 0 Å². The molecule has 2 atom stereocenters. The van der Waals surface area contributed by atoms with Gasteiger partial charge in [-0.3, -0.25) is 10.1 Å². The van der Waals surface area contributed by atoms with Crippen molar-refractivity contribution in [1.82, 2.24) is 0 Å². The zero-order chi connectivity index (χ0) is 15.5. The molecule has 0 amide bonds. The van der Waals surface area contributed by atoms with Gasteiger partial charge in [0.05, 0.1) is 11.0 Å². The summed E-state index contributed by atoms with van der Waals surface area (Å²) in [4.78, 5) is 9.45. The van der Waals surface area contributed by atoms with Gasteiger partial charge in [-0.2, -0.15) is 13.2 Å². The Bertz CT molecular complexity index is 491. The van der Waals surface area contributed by atoms with Crippen molar-refractivity contribution in [2.45, 2.75) is 24.8 Å². The van der Waals surface area contributed by atoms with Crippen LogP contribution in [0.15, 0.2) is 18.2 Å². The maximum atomic E-state index is 12.6. The minimum atomic E-state index is -4.89. The average molecular weight is 295 g/mol. The number of hydrogen-bond donors (Lipinski definition) is 3. The maximum Gasteiger partial charge on any atom is 0.422 e. The maximum absolute atomic E-state index is 12.6. The molecule has 0 bridgehead atoms. The van der Waals surface area contributed by atoms with E-state index in [9.17, 15) is 33.5 Å². The van der Waals surface area contributed by atoms with Crippen LogP contribution in [0.1, 0.15) is 23.7 Å². The van der Waals surface area contributed by atoms with E-state index in [0.717, 1.165) is 6.07 Å². The minimum absolute atomic E-state index is 0.212. The van der Waals surface area contributed by atoms with Gasteiger partial charge in [-0.05, 0) is 18.1 Å². The molecule has 0 spiro atoms. The SMILES string of the molecule is O=[N+]([O-])c1cc(C(O)C(O)CCO)ccc1C(F)(F)F. The molecule has 0 aromatic heterocycles. The van der Waals surface area contributed by atoms with Crippen LogP contribution in [-0.4, -0.2) is 33.0 Å². The summed E-state index contributed by atoms with van der Waals surface area (Å²) in [6.07, 6.45) is -8.16. The van der Waals surface area contributed by atoms with Crippen molar-refractivity contribution in [3.63, 3.8) is 0 Å². The van der Waals surface area contributed by atoms with E-state index in [0.29, 0.717) is 12.1 Å². The van der Waals surface area contributed by atoms with E-state index in [1.807, 2.05) is 0 Å². The van der Waals surface area contributed by atoms with Crippen molar-refractivity contribution in [3.8, 4) is 0 Å². The molecule has 0 aliphatic carbocycles. The molecule has 0 heterocycles. The highest BCUT2D eigenvalue weighted by atomic mass is 19.4. The van der Waals surface area contributed by atoms with Crippen LogP contribution in [0.3, 0.4) is 0 Å². The molecule has 20 heavy (non-hydrogen) atoms.